The second-order valence-corrected chi connectivity index (χ2v) is 3.82. The molecule has 0 saturated carbocycles. The largest absolute Gasteiger partial charge is 2.00 e. The van der Waals surface area contributed by atoms with Crippen molar-refractivity contribution in [3.05, 3.63) is 35.9 Å². The molecule has 0 spiro atoms. The molecule has 1 fully saturated rings. The van der Waals surface area contributed by atoms with E-state index < -0.39 is 0 Å². The Bertz CT molecular complexity index is 250. The third-order valence-electron chi connectivity index (χ3n) is 2.70. The van der Waals surface area contributed by atoms with Crippen LogP contribution >= 0.6 is 0 Å². The second kappa shape index (κ2) is 11.0. The van der Waals surface area contributed by atoms with E-state index in [9.17, 15) is 0 Å². The smallest absolute Gasteiger partial charge is 1.00 e. The van der Waals surface area contributed by atoms with Crippen LogP contribution in [0.4, 0.5) is 0 Å². The van der Waals surface area contributed by atoms with Gasteiger partial charge >= 0.3 is 23.1 Å². The molecule has 0 radical (unpaired) electrons. The van der Waals surface area contributed by atoms with Crippen LogP contribution in [-0.2, 0) is 6.54 Å². The summed E-state index contributed by atoms with van der Waals surface area (Å²) in [6.45, 7) is 3.71. The summed E-state index contributed by atoms with van der Waals surface area (Å²) in [7, 11) is 0. The summed E-state index contributed by atoms with van der Waals surface area (Å²) in [4.78, 5) is 2.55. The van der Waals surface area contributed by atoms with E-state index in [-0.39, 0.29) is 57.0 Å². The number of nitrogens with zero attached hydrogens (tertiary/aromatic N) is 1. The predicted molar refractivity (Wildman–Crippen MR) is 61.3 cm³/mol. The van der Waals surface area contributed by atoms with Crippen molar-refractivity contribution in [2.24, 2.45) is 0 Å². The van der Waals surface area contributed by atoms with Crippen LogP contribution in [0.25, 0.3) is 0 Å². The van der Waals surface area contributed by atoms with Gasteiger partial charge in [-0.05, 0) is 31.5 Å². The number of benzene rings is 1. The quantitative estimate of drug-likeness (QED) is 0.492. The summed E-state index contributed by atoms with van der Waals surface area (Å²) in [6, 6.07) is 10.8. The number of rotatable bonds is 2. The van der Waals surface area contributed by atoms with Gasteiger partial charge in [0.25, 0.3) is 0 Å². The van der Waals surface area contributed by atoms with Gasteiger partial charge in [0.15, 0.2) is 0 Å². The van der Waals surface area contributed by atoms with Crippen LogP contribution < -0.4 is 34.0 Å². The van der Waals surface area contributed by atoms with E-state index in [0.717, 1.165) is 6.54 Å². The van der Waals surface area contributed by atoms with Crippen molar-refractivity contribution >= 4 is 23.1 Å². The van der Waals surface area contributed by atoms with Gasteiger partial charge in [-0.2, -0.15) is 0 Å². The predicted octanol–water partition coefficient (Wildman–Crippen LogP) is -3.70. The molecule has 1 heterocycles. The average molecular weight is 359 g/mol. The molecule has 0 aliphatic carbocycles. The van der Waals surface area contributed by atoms with E-state index in [1.807, 2.05) is 0 Å². The first kappa shape index (κ1) is 19.3. The molecule has 0 N–H and O–H groups in total. The first-order valence-corrected chi connectivity index (χ1v) is 5.21. The molecule has 1 aromatic rings. The molecule has 0 amide bonds. The summed E-state index contributed by atoms with van der Waals surface area (Å²) in [5.74, 6) is 0. The van der Waals surface area contributed by atoms with Crippen molar-refractivity contribution < 1.29 is 34.0 Å². The number of hydrogen-bond donors (Lipinski definition) is 0. The van der Waals surface area contributed by atoms with Gasteiger partial charge in [-0.25, -0.2) is 0 Å². The molecule has 0 atom stereocenters. The molecule has 1 aromatic carbocycles. The number of halogens is 2. The fraction of sp³-hybridized carbons (Fsp3) is 0.500. The van der Waals surface area contributed by atoms with E-state index >= 15 is 0 Å². The number of likely N-dealkylation sites (tertiary alicyclic amines) is 1. The van der Waals surface area contributed by atoms with Crippen molar-refractivity contribution in [2.75, 3.05) is 13.1 Å². The van der Waals surface area contributed by atoms with Gasteiger partial charge in [0.05, 0.1) is 0 Å². The minimum absolute atomic E-state index is 0. The van der Waals surface area contributed by atoms with Gasteiger partial charge in [0, 0.05) is 6.54 Å². The number of hydrogen-bond acceptors (Lipinski definition) is 1. The van der Waals surface area contributed by atoms with Gasteiger partial charge < -0.3 is 34.0 Å². The zero-order chi connectivity index (χ0) is 8.93. The van der Waals surface area contributed by atoms with Gasteiger partial charge in [-0.3, -0.25) is 4.90 Å². The van der Waals surface area contributed by atoms with Crippen LogP contribution in [0.5, 0.6) is 0 Å². The molecule has 1 aliphatic rings. The van der Waals surface area contributed by atoms with E-state index in [0.29, 0.717) is 0 Å². The van der Waals surface area contributed by atoms with Crippen LogP contribution in [0.1, 0.15) is 24.8 Å². The molecule has 0 bridgehead atoms. The maximum Gasteiger partial charge on any atom is 2.00 e. The first-order chi connectivity index (χ1) is 6.45. The Kier molecular flexibility index (Phi) is 13.3. The summed E-state index contributed by atoms with van der Waals surface area (Å²) >= 11 is 0. The molecule has 86 valence electrons. The molecule has 0 aromatic heterocycles. The zero-order valence-corrected chi connectivity index (χ0v) is 14.1. The van der Waals surface area contributed by atoms with Crippen molar-refractivity contribution in [3.8, 4) is 0 Å². The van der Waals surface area contributed by atoms with Crippen molar-refractivity contribution in [2.45, 2.75) is 25.8 Å². The third-order valence-corrected chi connectivity index (χ3v) is 2.70. The van der Waals surface area contributed by atoms with Gasteiger partial charge in [0.2, 0.25) is 0 Å². The van der Waals surface area contributed by atoms with Gasteiger partial charge in [-0.1, -0.05) is 36.8 Å². The minimum Gasteiger partial charge on any atom is -1.00 e. The Morgan fingerprint density at radius 3 is 2.00 bits per heavy atom. The average Bonchev–Trinajstić information content (AvgIpc) is 2.21. The van der Waals surface area contributed by atoms with Crippen molar-refractivity contribution in [1.82, 2.24) is 4.90 Å². The molecule has 1 aliphatic heterocycles. The fourth-order valence-corrected chi connectivity index (χ4v) is 1.96. The maximum absolute atomic E-state index is 2.55. The Hall–Kier alpha value is 0.906. The molecule has 1 saturated heterocycles. The Morgan fingerprint density at radius 1 is 0.875 bits per heavy atom. The summed E-state index contributed by atoms with van der Waals surface area (Å²) in [5, 5.41) is 0. The number of piperidine rings is 1. The van der Waals surface area contributed by atoms with Crippen LogP contribution in [-0.4, -0.2) is 41.0 Å². The normalized spacial score (nSPS) is 15.2. The standard InChI is InChI=1S/C12H17N.2BrH.Mg/c1-3-7-12(8-4-1)11-13-9-5-2-6-10-13;;;/h1,3-4,7-8H,2,5-6,9-11H2;2*1H;/q;;;+2/p-2. The van der Waals surface area contributed by atoms with E-state index in [1.54, 1.807) is 0 Å². The van der Waals surface area contributed by atoms with Crippen LogP contribution in [0.3, 0.4) is 0 Å². The fourth-order valence-electron chi connectivity index (χ4n) is 1.96. The minimum atomic E-state index is 0. The van der Waals surface area contributed by atoms with Crippen LogP contribution in [0.2, 0.25) is 0 Å². The molecule has 0 unspecified atom stereocenters. The Balaban J connectivity index is 0. The Labute approximate surface area is 136 Å². The molecule has 1 nitrogen and oxygen atoms in total. The summed E-state index contributed by atoms with van der Waals surface area (Å²) in [5.41, 5.74) is 1.45. The SMILES string of the molecule is [Br-].[Br-].[Mg+2].c1ccc(CN2CCCCC2)cc1. The molecular weight excluding hydrogens is 342 g/mol. The topological polar surface area (TPSA) is 3.24 Å². The molecule has 16 heavy (non-hydrogen) atoms. The summed E-state index contributed by atoms with van der Waals surface area (Å²) < 4.78 is 0. The molecule has 4 heteroatoms. The maximum atomic E-state index is 2.55. The van der Waals surface area contributed by atoms with E-state index in [2.05, 4.69) is 35.2 Å². The second-order valence-electron chi connectivity index (χ2n) is 3.82. The van der Waals surface area contributed by atoms with Crippen molar-refractivity contribution in [1.29, 1.82) is 0 Å². The van der Waals surface area contributed by atoms with Crippen LogP contribution in [0.15, 0.2) is 30.3 Å². The third kappa shape index (κ3) is 6.60. The Morgan fingerprint density at radius 2 is 1.44 bits per heavy atom. The molecule has 2 rings (SSSR count). The van der Waals surface area contributed by atoms with E-state index in [1.165, 1.54) is 37.9 Å². The summed E-state index contributed by atoms with van der Waals surface area (Å²) in [6.07, 6.45) is 4.19. The molecular formula is C12H17Br2MgN. The van der Waals surface area contributed by atoms with Crippen LogP contribution in [0, 0.1) is 0 Å². The van der Waals surface area contributed by atoms with Gasteiger partial charge in [0.1, 0.15) is 0 Å². The van der Waals surface area contributed by atoms with E-state index in [4.69, 9.17) is 0 Å². The monoisotopic (exact) mass is 357 g/mol. The van der Waals surface area contributed by atoms with Gasteiger partial charge in [-0.15, -0.1) is 0 Å². The zero-order valence-electron chi connectivity index (χ0n) is 9.54. The van der Waals surface area contributed by atoms with Crippen molar-refractivity contribution in [3.63, 3.8) is 0 Å². The first-order valence-electron chi connectivity index (χ1n) is 5.21.